The van der Waals surface area contributed by atoms with Crippen molar-refractivity contribution in [3.63, 3.8) is 0 Å². The number of amides is 2. The number of rotatable bonds is 5. The maximum absolute atomic E-state index is 12.9. The molecule has 2 N–H and O–H groups in total. The van der Waals surface area contributed by atoms with Crippen LogP contribution in [0.3, 0.4) is 0 Å². The van der Waals surface area contributed by atoms with E-state index in [-0.39, 0.29) is 18.1 Å². The zero-order valence-corrected chi connectivity index (χ0v) is 15.3. The van der Waals surface area contributed by atoms with Crippen LogP contribution >= 0.6 is 0 Å². The molecule has 2 atom stereocenters. The summed E-state index contributed by atoms with van der Waals surface area (Å²) < 4.78 is 5.68. The van der Waals surface area contributed by atoms with Crippen molar-refractivity contribution in [1.82, 2.24) is 4.90 Å². The van der Waals surface area contributed by atoms with E-state index < -0.39 is 5.91 Å². The van der Waals surface area contributed by atoms with Gasteiger partial charge in [-0.05, 0) is 42.7 Å². The van der Waals surface area contributed by atoms with Crippen molar-refractivity contribution in [1.29, 1.82) is 0 Å². The summed E-state index contributed by atoms with van der Waals surface area (Å²) in [6.07, 6.45) is 4.57. The van der Waals surface area contributed by atoms with Crippen molar-refractivity contribution >= 4 is 11.8 Å². The van der Waals surface area contributed by atoms with E-state index in [4.69, 9.17) is 10.5 Å². The van der Waals surface area contributed by atoms with Gasteiger partial charge in [-0.15, -0.1) is 0 Å². The number of carbonyl (C=O) groups excluding carboxylic acids is 2. The van der Waals surface area contributed by atoms with Crippen molar-refractivity contribution in [3.05, 3.63) is 65.7 Å². The van der Waals surface area contributed by atoms with Crippen LogP contribution in [0.4, 0.5) is 0 Å². The van der Waals surface area contributed by atoms with Crippen LogP contribution in [0.25, 0.3) is 0 Å². The summed E-state index contributed by atoms with van der Waals surface area (Å²) in [5, 5.41) is 0. The Bertz CT molecular complexity index is 834. The number of fused-ring (bicyclic) bond motifs is 1. The molecule has 1 aliphatic heterocycles. The predicted octanol–water partition coefficient (Wildman–Crippen LogP) is 3.09. The van der Waals surface area contributed by atoms with Crippen LogP contribution in [-0.4, -0.2) is 29.9 Å². The van der Waals surface area contributed by atoms with Gasteiger partial charge >= 0.3 is 0 Å². The number of nitrogens with zero attached hydrogens (tertiary/aromatic N) is 1. The lowest BCUT2D eigenvalue weighted by Crippen LogP contribution is -2.68. The van der Waals surface area contributed by atoms with Crippen LogP contribution in [0, 0.1) is 5.92 Å². The largest absolute Gasteiger partial charge is 0.484 e. The van der Waals surface area contributed by atoms with Gasteiger partial charge in [-0.3, -0.25) is 9.59 Å². The smallest absolute Gasteiger partial charge is 0.261 e. The molecule has 1 aliphatic carbocycles. The molecule has 5 heteroatoms. The van der Waals surface area contributed by atoms with Crippen molar-refractivity contribution in [2.24, 2.45) is 11.7 Å². The highest BCUT2D eigenvalue weighted by atomic mass is 16.5. The summed E-state index contributed by atoms with van der Waals surface area (Å²) in [7, 11) is 0. The summed E-state index contributed by atoms with van der Waals surface area (Å²) in [5.41, 5.74) is 6.73. The number of ether oxygens (including phenoxy) is 1. The molecule has 0 spiro atoms. The van der Waals surface area contributed by atoms with Gasteiger partial charge in [0.15, 0.2) is 6.61 Å². The minimum atomic E-state index is -0.480. The second kappa shape index (κ2) is 7.06. The highest BCUT2D eigenvalue weighted by molar-refractivity contribution is 5.92. The Morgan fingerprint density at radius 1 is 1.07 bits per heavy atom. The quantitative estimate of drug-likeness (QED) is 0.886. The Kier molecular flexibility index (Phi) is 4.60. The van der Waals surface area contributed by atoms with E-state index in [0.717, 1.165) is 19.4 Å². The minimum Gasteiger partial charge on any atom is -0.484 e. The molecule has 0 radical (unpaired) electrons. The molecule has 1 heterocycles. The zero-order chi connectivity index (χ0) is 18.9. The van der Waals surface area contributed by atoms with Crippen LogP contribution in [0.2, 0.25) is 0 Å². The third-order valence-corrected chi connectivity index (χ3v) is 6.00. The lowest BCUT2D eigenvalue weighted by Gasteiger charge is -2.61. The summed E-state index contributed by atoms with van der Waals surface area (Å²) in [4.78, 5) is 26.1. The molecule has 2 aliphatic rings. The second-order valence-corrected chi connectivity index (χ2v) is 7.41. The fourth-order valence-electron chi connectivity index (χ4n) is 4.62. The molecule has 0 bridgehead atoms. The Hall–Kier alpha value is -2.82. The first-order valence-electron chi connectivity index (χ1n) is 9.50. The average molecular weight is 364 g/mol. The Morgan fingerprint density at radius 2 is 1.81 bits per heavy atom. The van der Waals surface area contributed by atoms with Crippen LogP contribution in [-0.2, 0) is 10.3 Å². The Labute approximate surface area is 159 Å². The highest BCUT2D eigenvalue weighted by Crippen LogP contribution is 2.53. The third kappa shape index (κ3) is 3.07. The normalized spacial score (nSPS) is 23.9. The van der Waals surface area contributed by atoms with Crippen LogP contribution in [0.5, 0.6) is 5.75 Å². The van der Waals surface area contributed by atoms with Crippen LogP contribution < -0.4 is 10.5 Å². The van der Waals surface area contributed by atoms with Gasteiger partial charge < -0.3 is 15.4 Å². The topological polar surface area (TPSA) is 72.6 Å². The van der Waals surface area contributed by atoms with E-state index in [1.807, 2.05) is 23.1 Å². The molecule has 0 unspecified atom stereocenters. The lowest BCUT2D eigenvalue weighted by molar-refractivity contribution is -0.168. The first-order chi connectivity index (χ1) is 13.1. The van der Waals surface area contributed by atoms with Gasteiger partial charge in [-0.25, -0.2) is 0 Å². The SMILES string of the molecule is NC(=O)c1ccc(OCC(=O)N2C[C@H]3CCCC[C@]32c2ccccc2)cc1. The van der Waals surface area contributed by atoms with E-state index in [2.05, 4.69) is 12.1 Å². The Balaban J connectivity index is 1.47. The van der Waals surface area contributed by atoms with E-state index in [1.54, 1.807) is 24.3 Å². The number of carbonyl (C=O) groups is 2. The van der Waals surface area contributed by atoms with Gasteiger partial charge in [0.1, 0.15) is 5.75 Å². The molecule has 2 aromatic carbocycles. The molecular formula is C22H24N2O3. The fraction of sp³-hybridized carbons (Fsp3) is 0.364. The first-order valence-corrected chi connectivity index (χ1v) is 9.50. The molecule has 27 heavy (non-hydrogen) atoms. The van der Waals surface area contributed by atoms with Crippen molar-refractivity contribution in [2.45, 2.75) is 31.2 Å². The van der Waals surface area contributed by atoms with Gasteiger partial charge in [0.2, 0.25) is 5.91 Å². The van der Waals surface area contributed by atoms with Gasteiger partial charge in [-0.1, -0.05) is 43.2 Å². The molecule has 0 aromatic heterocycles. The summed E-state index contributed by atoms with van der Waals surface area (Å²) in [6, 6.07) is 16.9. The van der Waals surface area contributed by atoms with Gasteiger partial charge in [0.25, 0.3) is 5.91 Å². The van der Waals surface area contributed by atoms with Crippen LogP contribution in [0.15, 0.2) is 54.6 Å². The number of primary amides is 1. The molecule has 1 saturated carbocycles. The molecule has 140 valence electrons. The standard InChI is InChI=1S/C22H24N2O3/c23-21(26)16-9-11-19(12-10-16)27-15-20(25)24-14-18-8-4-5-13-22(18,24)17-6-2-1-3-7-17/h1-3,6-7,9-12,18H,4-5,8,13-15H2,(H2,23,26)/t18-,22+/m1/s1. The molecular weight excluding hydrogens is 340 g/mol. The van der Waals surface area contributed by atoms with Gasteiger partial charge in [0.05, 0.1) is 5.54 Å². The molecule has 2 fully saturated rings. The summed E-state index contributed by atoms with van der Waals surface area (Å²) >= 11 is 0. The van der Waals surface area contributed by atoms with E-state index >= 15 is 0 Å². The van der Waals surface area contributed by atoms with Gasteiger partial charge in [-0.2, -0.15) is 0 Å². The monoisotopic (exact) mass is 364 g/mol. The first kappa shape index (κ1) is 17.6. The highest BCUT2D eigenvalue weighted by Gasteiger charge is 2.56. The predicted molar refractivity (Wildman–Crippen MR) is 102 cm³/mol. The van der Waals surface area contributed by atoms with E-state index in [0.29, 0.717) is 17.2 Å². The lowest BCUT2D eigenvalue weighted by atomic mass is 9.61. The van der Waals surface area contributed by atoms with Gasteiger partial charge in [0, 0.05) is 18.0 Å². The van der Waals surface area contributed by atoms with Crippen molar-refractivity contribution in [3.8, 4) is 5.75 Å². The molecule has 4 rings (SSSR count). The van der Waals surface area contributed by atoms with E-state index in [1.165, 1.54) is 18.4 Å². The number of nitrogens with two attached hydrogens (primary N) is 1. The molecule has 5 nitrogen and oxygen atoms in total. The molecule has 1 saturated heterocycles. The maximum Gasteiger partial charge on any atom is 0.261 e. The third-order valence-electron chi connectivity index (χ3n) is 6.00. The Morgan fingerprint density at radius 3 is 2.48 bits per heavy atom. The number of hydrogen-bond donors (Lipinski definition) is 1. The minimum absolute atomic E-state index is 0.00276. The second-order valence-electron chi connectivity index (χ2n) is 7.41. The van der Waals surface area contributed by atoms with Crippen molar-refractivity contribution in [2.75, 3.05) is 13.2 Å². The number of hydrogen-bond acceptors (Lipinski definition) is 3. The van der Waals surface area contributed by atoms with E-state index in [9.17, 15) is 9.59 Å². The average Bonchev–Trinajstić information content (AvgIpc) is 2.68. The number of likely N-dealkylation sites (tertiary alicyclic amines) is 1. The van der Waals surface area contributed by atoms with Crippen molar-refractivity contribution < 1.29 is 14.3 Å². The maximum atomic E-state index is 12.9. The zero-order valence-electron chi connectivity index (χ0n) is 15.3. The fourth-order valence-corrected chi connectivity index (χ4v) is 4.62. The summed E-state index contributed by atoms with van der Waals surface area (Å²) in [5.74, 6) is 0.623. The summed E-state index contributed by atoms with van der Waals surface area (Å²) in [6.45, 7) is 0.801. The van der Waals surface area contributed by atoms with Crippen LogP contribution in [0.1, 0.15) is 41.6 Å². The number of benzene rings is 2. The molecule has 2 aromatic rings. The molecule has 2 amide bonds.